The summed E-state index contributed by atoms with van der Waals surface area (Å²) in [6, 6.07) is 9.69. The minimum absolute atomic E-state index is 0.0167. The highest BCUT2D eigenvalue weighted by atomic mass is 32.1. The average Bonchev–Trinajstić information content (AvgIpc) is 2.46. The molecule has 0 saturated carbocycles. The quantitative estimate of drug-likeness (QED) is 0.809. The Labute approximate surface area is 119 Å². The molecule has 0 heterocycles. The van der Waals surface area contributed by atoms with Gasteiger partial charge in [0, 0.05) is 23.9 Å². The Morgan fingerprint density at radius 3 is 2.74 bits per heavy atom. The van der Waals surface area contributed by atoms with Crippen LogP contribution in [0.2, 0.25) is 0 Å². The van der Waals surface area contributed by atoms with E-state index in [0.29, 0.717) is 6.54 Å². The molecule has 19 heavy (non-hydrogen) atoms. The molecule has 0 bridgehead atoms. The minimum Gasteiger partial charge on any atom is -0.387 e. The number of hydrogen-bond donors (Lipinski definition) is 2. The maximum Gasteiger partial charge on any atom is 0.0940 e. The van der Waals surface area contributed by atoms with Gasteiger partial charge in [-0.3, -0.25) is 0 Å². The van der Waals surface area contributed by atoms with Gasteiger partial charge in [-0.2, -0.15) is 0 Å². The van der Waals surface area contributed by atoms with Crippen molar-refractivity contribution in [2.24, 2.45) is 0 Å². The highest BCUT2D eigenvalue weighted by Gasteiger charge is 2.16. The van der Waals surface area contributed by atoms with Crippen LogP contribution in [0.4, 0.5) is 0 Å². The lowest BCUT2D eigenvalue weighted by molar-refractivity contribution is 0.138. The van der Waals surface area contributed by atoms with Crippen LogP contribution in [-0.4, -0.2) is 22.6 Å². The second-order valence-corrected chi connectivity index (χ2v) is 5.27. The summed E-state index contributed by atoms with van der Waals surface area (Å²) in [6.45, 7) is 2.69. The van der Waals surface area contributed by atoms with Crippen LogP contribution in [-0.2, 0) is 0 Å². The molecule has 100 valence electrons. The standard InChI is InChI=1S/C16H19NOS/c1-12(16(18)13-7-3-2-4-8-13)17-11-14-9-5-6-10-15(14)19/h2-9,12,16-18H,10-11H2,1H3. The van der Waals surface area contributed by atoms with Gasteiger partial charge in [-0.15, -0.1) is 0 Å². The molecule has 2 rings (SSSR count). The van der Waals surface area contributed by atoms with E-state index in [2.05, 4.69) is 11.4 Å². The molecule has 1 aromatic carbocycles. The highest BCUT2D eigenvalue weighted by molar-refractivity contribution is 7.80. The molecule has 0 spiro atoms. The zero-order valence-corrected chi connectivity index (χ0v) is 11.9. The Bertz CT molecular complexity index is 493. The number of allylic oxidation sites excluding steroid dienone is 3. The van der Waals surface area contributed by atoms with Crippen LogP contribution in [0.15, 0.2) is 54.1 Å². The van der Waals surface area contributed by atoms with Crippen molar-refractivity contribution in [1.29, 1.82) is 0 Å². The molecule has 0 amide bonds. The summed E-state index contributed by atoms with van der Waals surface area (Å²) in [6.07, 6.45) is 6.48. The van der Waals surface area contributed by atoms with E-state index in [9.17, 15) is 5.11 Å². The van der Waals surface area contributed by atoms with Gasteiger partial charge in [0.15, 0.2) is 0 Å². The Hall–Kier alpha value is -1.29. The first kappa shape index (κ1) is 14.1. The molecule has 1 aliphatic rings. The molecule has 2 unspecified atom stereocenters. The van der Waals surface area contributed by atoms with Crippen LogP contribution in [0.1, 0.15) is 25.0 Å². The van der Waals surface area contributed by atoms with Crippen molar-refractivity contribution in [3.8, 4) is 0 Å². The molecule has 3 heteroatoms. The second kappa shape index (κ2) is 6.75. The van der Waals surface area contributed by atoms with Gasteiger partial charge < -0.3 is 10.4 Å². The fourth-order valence-corrected chi connectivity index (χ4v) is 2.30. The lowest BCUT2D eigenvalue weighted by Crippen LogP contribution is -2.34. The van der Waals surface area contributed by atoms with Crippen LogP contribution in [0, 0.1) is 0 Å². The van der Waals surface area contributed by atoms with Crippen LogP contribution >= 0.6 is 12.2 Å². The van der Waals surface area contributed by atoms with Gasteiger partial charge in [0.05, 0.1) is 6.10 Å². The summed E-state index contributed by atoms with van der Waals surface area (Å²) in [5, 5.41) is 13.6. The SMILES string of the molecule is CC(NCC1=CC=CCC1=S)C(O)c1ccccc1. The van der Waals surface area contributed by atoms with Gasteiger partial charge in [-0.25, -0.2) is 0 Å². The molecule has 2 nitrogen and oxygen atoms in total. The molecular formula is C16H19NOS. The molecule has 2 atom stereocenters. The number of rotatable bonds is 5. The Kier molecular flexibility index (Phi) is 5.02. The van der Waals surface area contributed by atoms with E-state index < -0.39 is 6.10 Å². The zero-order chi connectivity index (χ0) is 13.7. The van der Waals surface area contributed by atoms with Gasteiger partial charge in [0.1, 0.15) is 0 Å². The summed E-state index contributed by atoms with van der Waals surface area (Å²) in [4.78, 5) is 0.983. The maximum atomic E-state index is 10.3. The third-order valence-corrected chi connectivity index (χ3v) is 3.75. The predicted octanol–water partition coefficient (Wildman–Crippen LogP) is 2.95. The van der Waals surface area contributed by atoms with Crippen molar-refractivity contribution in [1.82, 2.24) is 5.32 Å². The lowest BCUT2D eigenvalue weighted by Gasteiger charge is -2.22. The van der Waals surface area contributed by atoms with Gasteiger partial charge in [-0.05, 0) is 18.1 Å². The largest absolute Gasteiger partial charge is 0.387 e. The third-order valence-electron chi connectivity index (χ3n) is 3.32. The Balaban J connectivity index is 1.91. The van der Waals surface area contributed by atoms with E-state index in [4.69, 9.17) is 12.2 Å². The van der Waals surface area contributed by atoms with Gasteiger partial charge in [0.2, 0.25) is 0 Å². The van der Waals surface area contributed by atoms with E-state index >= 15 is 0 Å². The first-order valence-electron chi connectivity index (χ1n) is 6.54. The summed E-state index contributed by atoms with van der Waals surface area (Å²) >= 11 is 5.32. The van der Waals surface area contributed by atoms with Crippen molar-refractivity contribution in [3.05, 3.63) is 59.7 Å². The maximum absolute atomic E-state index is 10.3. The molecule has 0 fully saturated rings. The van der Waals surface area contributed by atoms with Crippen LogP contribution < -0.4 is 5.32 Å². The molecule has 0 radical (unpaired) electrons. The van der Waals surface area contributed by atoms with Crippen LogP contribution in [0.3, 0.4) is 0 Å². The zero-order valence-electron chi connectivity index (χ0n) is 11.0. The molecule has 1 aliphatic carbocycles. The van der Waals surface area contributed by atoms with Crippen molar-refractivity contribution >= 4 is 17.1 Å². The number of hydrogen-bond acceptors (Lipinski definition) is 3. The first-order chi connectivity index (χ1) is 9.18. The fraction of sp³-hybridized carbons (Fsp3) is 0.312. The molecule has 0 aliphatic heterocycles. The van der Waals surface area contributed by atoms with E-state index in [1.54, 1.807) is 0 Å². The van der Waals surface area contributed by atoms with E-state index in [-0.39, 0.29) is 6.04 Å². The molecule has 1 aromatic rings. The van der Waals surface area contributed by atoms with Crippen molar-refractivity contribution in [3.63, 3.8) is 0 Å². The normalized spacial score (nSPS) is 18.0. The van der Waals surface area contributed by atoms with Gasteiger partial charge >= 0.3 is 0 Å². The third kappa shape index (κ3) is 3.83. The predicted molar refractivity (Wildman–Crippen MR) is 83.3 cm³/mol. The van der Waals surface area contributed by atoms with Crippen molar-refractivity contribution < 1.29 is 5.11 Å². The fourth-order valence-electron chi connectivity index (χ4n) is 2.06. The number of thiocarbonyl (C=S) groups is 1. The van der Waals surface area contributed by atoms with E-state index in [0.717, 1.165) is 22.4 Å². The smallest absolute Gasteiger partial charge is 0.0940 e. The van der Waals surface area contributed by atoms with Crippen molar-refractivity contribution in [2.75, 3.05) is 6.54 Å². The molecule has 2 N–H and O–H groups in total. The first-order valence-corrected chi connectivity index (χ1v) is 6.94. The van der Waals surface area contributed by atoms with Crippen LogP contribution in [0.5, 0.6) is 0 Å². The lowest BCUT2D eigenvalue weighted by atomic mass is 10.0. The summed E-state index contributed by atoms with van der Waals surface area (Å²) in [7, 11) is 0. The number of nitrogens with one attached hydrogen (secondary N) is 1. The monoisotopic (exact) mass is 273 g/mol. The summed E-state index contributed by atoms with van der Waals surface area (Å²) < 4.78 is 0. The highest BCUT2D eigenvalue weighted by Crippen LogP contribution is 2.17. The molecular weight excluding hydrogens is 254 g/mol. The van der Waals surface area contributed by atoms with E-state index in [1.807, 2.05) is 49.4 Å². The molecule has 0 aromatic heterocycles. The average molecular weight is 273 g/mol. The molecule has 0 saturated heterocycles. The van der Waals surface area contributed by atoms with Crippen molar-refractivity contribution in [2.45, 2.75) is 25.5 Å². The Morgan fingerprint density at radius 2 is 2.05 bits per heavy atom. The topological polar surface area (TPSA) is 32.3 Å². The second-order valence-electron chi connectivity index (χ2n) is 4.77. The number of aliphatic hydroxyl groups excluding tert-OH is 1. The summed E-state index contributed by atoms with van der Waals surface area (Å²) in [5.74, 6) is 0. The van der Waals surface area contributed by atoms with Gasteiger partial charge in [-0.1, -0.05) is 60.8 Å². The Morgan fingerprint density at radius 1 is 1.32 bits per heavy atom. The number of benzene rings is 1. The van der Waals surface area contributed by atoms with Gasteiger partial charge in [0.25, 0.3) is 0 Å². The number of aliphatic hydroxyl groups is 1. The van der Waals surface area contributed by atoms with Crippen LogP contribution in [0.25, 0.3) is 0 Å². The summed E-state index contributed by atoms with van der Waals surface area (Å²) in [5.41, 5.74) is 2.08. The minimum atomic E-state index is -0.505. The van der Waals surface area contributed by atoms with E-state index in [1.165, 1.54) is 0 Å².